The van der Waals surface area contributed by atoms with Crippen LogP contribution in [0.3, 0.4) is 0 Å². The van der Waals surface area contributed by atoms with Crippen LogP contribution in [0.1, 0.15) is 49.4 Å². The Labute approximate surface area is 174 Å². The van der Waals surface area contributed by atoms with Gasteiger partial charge < -0.3 is 10.6 Å². The average molecular weight is 415 g/mol. The van der Waals surface area contributed by atoms with Gasteiger partial charge in [-0.2, -0.15) is 4.80 Å². The summed E-state index contributed by atoms with van der Waals surface area (Å²) in [5.74, 6) is 0.0853. The summed E-state index contributed by atoms with van der Waals surface area (Å²) in [5.41, 5.74) is 6.59. The van der Waals surface area contributed by atoms with Crippen molar-refractivity contribution in [2.75, 3.05) is 0 Å². The lowest BCUT2D eigenvalue weighted by Crippen LogP contribution is -2.37. The fraction of sp³-hybridized carbons (Fsp3) is 0.350. The highest BCUT2D eigenvalue weighted by Gasteiger charge is 2.27. The minimum absolute atomic E-state index is 0.113. The summed E-state index contributed by atoms with van der Waals surface area (Å²) in [6.07, 6.45) is 6.21. The van der Waals surface area contributed by atoms with Gasteiger partial charge in [0.25, 0.3) is 5.91 Å². The molecule has 2 amide bonds. The maximum Gasteiger partial charge on any atom is 0.258 e. The Morgan fingerprint density at radius 3 is 2.52 bits per heavy atom. The number of hydrogen-bond donors (Lipinski definition) is 1. The van der Waals surface area contributed by atoms with E-state index < -0.39 is 11.9 Å². The molecule has 8 nitrogen and oxygen atoms in total. The van der Waals surface area contributed by atoms with Gasteiger partial charge in [0.05, 0.1) is 6.04 Å². The summed E-state index contributed by atoms with van der Waals surface area (Å²) >= 11 is 5.93. The molecule has 1 aromatic carbocycles. The first-order valence-electron chi connectivity index (χ1n) is 9.33. The predicted octanol–water partition coefficient (Wildman–Crippen LogP) is 2.84. The number of hydrogen-bond acceptors (Lipinski definition) is 5. The van der Waals surface area contributed by atoms with Gasteiger partial charge in [-0.1, -0.05) is 31.5 Å². The van der Waals surface area contributed by atoms with Crippen molar-refractivity contribution in [3.8, 4) is 0 Å². The average Bonchev–Trinajstić information content (AvgIpc) is 3.17. The van der Waals surface area contributed by atoms with Gasteiger partial charge in [0.2, 0.25) is 11.7 Å². The summed E-state index contributed by atoms with van der Waals surface area (Å²) in [6.45, 7) is 5.80. The van der Waals surface area contributed by atoms with Crippen molar-refractivity contribution in [3.63, 3.8) is 0 Å². The molecule has 2 unspecified atom stereocenters. The van der Waals surface area contributed by atoms with Crippen LogP contribution in [-0.4, -0.2) is 43.0 Å². The van der Waals surface area contributed by atoms with Gasteiger partial charge in [-0.05, 0) is 54.8 Å². The fourth-order valence-corrected chi connectivity index (χ4v) is 3.13. The Hall–Kier alpha value is -3.00. The van der Waals surface area contributed by atoms with Crippen molar-refractivity contribution in [1.29, 1.82) is 0 Å². The van der Waals surface area contributed by atoms with Gasteiger partial charge in [-0.3, -0.25) is 9.59 Å². The van der Waals surface area contributed by atoms with Crippen LogP contribution < -0.4 is 5.73 Å². The van der Waals surface area contributed by atoms with Crippen LogP contribution in [-0.2, 0) is 4.79 Å². The molecule has 152 valence electrons. The summed E-state index contributed by atoms with van der Waals surface area (Å²) in [7, 11) is 0. The summed E-state index contributed by atoms with van der Waals surface area (Å²) in [5, 5.41) is 12.8. The normalized spacial score (nSPS) is 17.3. The largest absolute Gasteiger partial charge is 0.368 e. The molecule has 1 aliphatic heterocycles. The summed E-state index contributed by atoms with van der Waals surface area (Å²) < 4.78 is 0. The van der Waals surface area contributed by atoms with Gasteiger partial charge >= 0.3 is 0 Å². The zero-order valence-corrected chi connectivity index (χ0v) is 17.2. The van der Waals surface area contributed by atoms with Gasteiger partial charge in [0, 0.05) is 22.4 Å². The van der Waals surface area contributed by atoms with E-state index in [1.54, 1.807) is 48.4 Å². The monoisotopic (exact) mass is 414 g/mol. The molecule has 2 heterocycles. The van der Waals surface area contributed by atoms with E-state index in [0.717, 1.165) is 12.0 Å². The number of primary amides is 1. The van der Waals surface area contributed by atoms with Crippen LogP contribution >= 0.6 is 11.6 Å². The highest BCUT2D eigenvalue weighted by atomic mass is 35.5. The molecule has 0 spiro atoms. The maximum absolute atomic E-state index is 13.0. The maximum atomic E-state index is 13.0. The second-order valence-corrected chi connectivity index (χ2v) is 7.80. The van der Waals surface area contributed by atoms with Crippen molar-refractivity contribution in [2.45, 2.75) is 39.3 Å². The molecule has 0 aliphatic carbocycles. The summed E-state index contributed by atoms with van der Waals surface area (Å²) in [6, 6.07) is 5.95. The molecule has 9 heteroatoms. The lowest BCUT2D eigenvalue weighted by atomic mass is 9.97. The van der Waals surface area contributed by atoms with Gasteiger partial charge in [0.1, 0.15) is 6.04 Å². The molecule has 0 saturated carbocycles. The third-order valence-corrected chi connectivity index (χ3v) is 4.88. The van der Waals surface area contributed by atoms with Gasteiger partial charge in [0.15, 0.2) is 0 Å². The SMILES string of the molecule is CC(C)CC1C=C(c2nnn(C(C)C(N)=O)n2)C=CN1C(=O)c1ccc(Cl)cc1. The van der Waals surface area contributed by atoms with Crippen molar-refractivity contribution in [1.82, 2.24) is 25.1 Å². The zero-order chi connectivity index (χ0) is 21.1. The van der Waals surface area contributed by atoms with Crippen LogP contribution in [0.2, 0.25) is 5.02 Å². The second kappa shape index (κ2) is 8.57. The van der Waals surface area contributed by atoms with Crippen molar-refractivity contribution >= 4 is 29.0 Å². The zero-order valence-electron chi connectivity index (χ0n) is 16.5. The van der Waals surface area contributed by atoms with E-state index in [1.807, 2.05) is 6.08 Å². The first kappa shape index (κ1) is 20.7. The molecule has 0 radical (unpaired) electrons. The Bertz CT molecular complexity index is 964. The van der Waals surface area contributed by atoms with E-state index in [-0.39, 0.29) is 11.9 Å². The number of allylic oxidation sites excluding steroid dienone is 2. The number of halogens is 1. The van der Waals surface area contributed by atoms with Crippen molar-refractivity contribution in [3.05, 3.63) is 59.0 Å². The fourth-order valence-electron chi connectivity index (χ4n) is 3.01. The number of carbonyl (C=O) groups excluding carboxylic acids is 2. The number of benzene rings is 1. The minimum Gasteiger partial charge on any atom is -0.368 e. The number of carbonyl (C=O) groups is 2. The van der Waals surface area contributed by atoms with Crippen molar-refractivity contribution < 1.29 is 9.59 Å². The van der Waals surface area contributed by atoms with Gasteiger partial charge in [-0.25, -0.2) is 0 Å². The minimum atomic E-state index is -0.695. The molecular weight excluding hydrogens is 392 g/mol. The molecule has 0 fully saturated rings. The molecule has 1 aliphatic rings. The first-order valence-corrected chi connectivity index (χ1v) is 9.71. The molecule has 2 atom stereocenters. The second-order valence-electron chi connectivity index (χ2n) is 7.37. The number of rotatable bonds is 6. The van der Waals surface area contributed by atoms with E-state index in [2.05, 4.69) is 29.3 Å². The number of tetrazole rings is 1. The van der Waals surface area contributed by atoms with E-state index in [9.17, 15) is 9.59 Å². The summed E-state index contributed by atoms with van der Waals surface area (Å²) in [4.78, 5) is 27.2. The highest BCUT2D eigenvalue weighted by molar-refractivity contribution is 6.30. The van der Waals surface area contributed by atoms with E-state index in [0.29, 0.717) is 22.3 Å². The lowest BCUT2D eigenvalue weighted by Gasteiger charge is -2.31. The van der Waals surface area contributed by atoms with E-state index in [1.165, 1.54) is 4.80 Å². The number of nitrogens with zero attached hydrogens (tertiary/aromatic N) is 5. The predicted molar refractivity (Wildman–Crippen MR) is 110 cm³/mol. The number of amides is 2. The lowest BCUT2D eigenvalue weighted by molar-refractivity contribution is -0.121. The highest BCUT2D eigenvalue weighted by Crippen LogP contribution is 2.26. The molecule has 0 saturated heterocycles. The smallest absolute Gasteiger partial charge is 0.258 e. The Morgan fingerprint density at radius 2 is 1.90 bits per heavy atom. The topological polar surface area (TPSA) is 107 Å². The number of aromatic nitrogens is 4. The van der Waals surface area contributed by atoms with Crippen LogP contribution in [0.4, 0.5) is 0 Å². The van der Waals surface area contributed by atoms with Crippen molar-refractivity contribution in [2.24, 2.45) is 11.7 Å². The molecule has 2 aromatic rings. The van der Waals surface area contributed by atoms with Crippen LogP contribution in [0, 0.1) is 5.92 Å². The first-order chi connectivity index (χ1) is 13.8. The third kappa shape index (κ3) is 4.71. The van der Waals surface area contributed by atoms with Crippen LogP contribution in [0.5, 0.6) is 0 Å². The molecule has 3 rings (SSSR count). The Kier molecular flexibility index (Phi) is 6.12. The number of nitrogens with two attached hydrogens (primary N) is 1. The van der Waals surface area contributed by atoms with Gasteiger partial charge in [-0.15, -0.1) is 10.2 Å². The standard InChI is InChI=1S/C20H23ClN6O2/c1-12(2)10-17-11-15(19-23-25-27(24-19)13(3)18(22)28)8-9-26(17)20(29)14-4-6-16(21)7-5-14/h4-9,11-13,17H,10H2,1-3H3,(H2,22,28). The molecule has 0 bridgehead atoms. The molecule has 1 aromatic heterocycles. The van der Waals surface area contributed by atoms with Crippen LogP contribution in [0.25, 0.3) is 5.57 Å². The van der Waals surface area contributed by atoms with E-state index in [4.69, 9.17) is 17.3 Å². The Morgan fingerprint density at radius 1 is 1.21 bits per heavy atom. The molecule has 2 N–H and O–H groups in total. The van der Waals surface area contributed by atoms with Crippen LogP contribution in [0.15, 0.2) is 42.6 Å². The molecular formula is C20H23ClN6O2. The quantitative estimate of drug-likeness (QED) is 0.782. The molecule has 29 heavy (non-hydrogen) atoms. The van der Waals surface area contributed by atoms with E-state index >= 15 is 0 Å². The Balaban J connectivity index is 1.87. The third-order valence-electron chi connectivity index (χ3n) is 4.63.